The summed E-state index contributed by atoms with van der Waals surface area (Å²) >= 11 is 0. The smallest absolute Gasteiger partial charge is 0.144 e. The molecule has 0 aromatic carbocycles. The second kappa shape index (κ2) is 6.89. The normalized spacial score (nSPS) is 11.5. The number of fused-ring (bicyclic) bond motifs is 1. The fourth-order valence-corrected chi connectivity index (χ4v) is 2.44. The summed E-state index contributed by atoms with van der Waals surface area (Å²) in [5.74, 6) is 0. The Morgan fingerprint density at radius 2 is 2.21 bits per heavy atom. The summed E-state index contributed by atoms with van der Waals surface area (Å²) in [6.07, 6.45) is 10.8. The van der Waals surface area contributed by atoms with E-state index in [1.807, 2.05) is 29.0 Å². The average molecular weight is 318 g/mol. The molecular formula is C18H18N6. The van der Waals surface area contributed by atoms with Gasteiger partial charge in [-0.05, 0) is 30.5 Å². The number of nitrogens with one attached hydrogen (secondary N) is 1. The first kappa shape index (κ1) is 15.6. The molecule has 0 bridgehead atoms. The van der Waals surface area contributed by atoms with Gasteiger partial charge in [0.05, 0.1) is 24.2 Å². The molecule has 6 heteroatoms. The molecule has 3 N–H and O–H groups in total. The van der Waals surface area contributed by atoms with E-state index in [0.717, 1.165) is 27.8 Å². The van der Waals surface area contributed by atoms with Crippen molar-refractivity contribution in [1.29, 1.82) is 0 Å². The molecule has 0 fully saturated rings. The Bertz CT molecular complexity index is 922. The Labute approximate surface area is 140 Å². The maximum absolute atomic E-state index is 5.45. The zero-order valence-corrected chi connectivity index (χ0v) is 13.2. The van der Waals surface area contributed by atoms with Gasteiger partial charge in [-0.3, -0.25) is 14.5 Å². The number of pyridine rings is 2. The summed E-state index contributed by atoms with van der Waals surface area (Å²) < 4.78 is 1.98. The van der Waals surface area contributed by atoms with Crippen molar-refractivity contribution < 1.29 is 0 Å². The van der Waals surface area contributed by atoms with Crippen LogP contribution in [-0.2, 0) is 0 Å². The lowest BCUT2D eigenvalue weighted by Crippen LogP contribution is -2.16. The molecule has 0 aliphatic heterocycles. The first-order chi connectivity index (χ1) is 11.8. The van der Waals surface area contributed by atoms with E-state index in [0.29, 0.717) is 12.4 Å². The van der Waals surface area contributed by atoms with Crippen LogP contribution in [0.25, 0.3) is 28.5 Å². The van der Waals surface area contributed by atoms with E-state index in [1.165, 1.54) is 0 Å². The van der Waals surface area contributed by atoms with E-state index in [1.54, 1.807) is 30.9 Å². The standard InChI is InChI=1S/C18H18N6/c1-3-13-6-14-4-5-24(18(14)23-8-13)16-7-15(9-21-10-16)17(20-2)11-22-12-19/h3-11,22H,1-2,12,19H2/b17-11-. The lowest BCUT2D eigenvalue weighted by molar-refractivity contribution is 0.884. The van der Waals surface area contributed by atoms with Crippen LogP contribution in [0.2, 0.25) is 0 Å². The molecule has 6 nitrogen and oxygen atoms in total. The summed E-state index contributed by atoms with van der Waals surface area (Å²) in [5, 5.41) is 3.96. The Morgan fingerprint density at radius 3 is 2.96 bits per heavy atom. The molecule has 0 atom stereocenters. The van der Waals surface area contributed by atoms with Crippen molar-refractivity contribution in [3.05, 3.63) is 66.9 Å². The lowest BCUT2D eigenvalue weighted by atomic mass is 10.2. The molecule has 3 aromatic heterocycles. The summed E-state index contributed by atoms with van der Waals surface area (Å²) in [4.78, 5) is 12.8. The van der Waals surface area contributed by atoms with Gasteiger partial charge in [-0.15, -0.1) is 0 Å². The molecule has 120 valence electrons. The van der Waals surface area contributed by atoms with Gasteiger partial charge >= 0.3 is 0 Å². The number of rotatable bonds is 6. The van der Waals surface area contributed by atoms with Crippen LogP contribution in [0.4, 0.5) is 0 Å². The third-order valence-electron chi connectivity index (χ3n) is 3.61. The van der Waals surface area contributed by atoms with Crippen LogP contribution in [0.15, 0.2) is 60.8 Å². The topological polar surface area (TPSA) is 81.1 Å². The van der Waals surface area contributed by atoms with Crippen molar-refractivity contribution in [2.24, 2.45) is 10.7 Å². The molecule has 0 aliphatic carbocycles. The van der Waals surface area contributed by atoms with Crippen LogP contribution >= 0.6 is 0 Å². The zero-order valence-electron chi connectivity index (χ0n) is 13.2. The zero-order chi connectivity index (χ0) is 16.9. The monoisotopic (exact) mass is 318 g/mol. The van der Waals surface area contributed by atoms with Gasteiger partial charge in [-0.25, -0.2) is 4.98 Å². The van der Waals surface area contributed by atoms with E-state index in [4.69, 9.17) is 5.73 Å². The maximum atomic E-state index is 5.45. The Balaban J connectivity index is 2.06. The molecule has 0 amide bonds. The predicted molar refractivity (Wildman–Crippen MR) is 98.7 cm³/mol. The van der Waals surface area contributed by atoms with E-state index < -0.39 is 0 Å². The van der Waals surface area contributed by atoms with Crippen LogP contribution in [-0.4, -0.2) is 27.9 Å². The van der Waals surface area contributed by atoms with Crippen molar-refractivity contribution in [1.82, 2.24) is 19.9 Å². The highest BCUT2D eigenvalue weighted by Gasteiger charge is 2.07. The van der Waals surface area contributed by atoms with Gasteiger partial charge in [0, 0.05) is 35.7 Å². The van der Waals surface area contributed by atoms with Crippen molar-refractivity contribution in [2.45, 2.75) is 0 Å². The highest BCUT2D eigenvalue weighted by Crippen LogP contribution is 2.22. The van der Waals surface area contributed by atoms with Crippen LogP contribution < -0.4 is 11.1 Å². The van der Waals surface area contributed by atoms with Gasteiger partial charge < -0.3 is 11.1 Å². The predicted octanol–water partition coefficient (Wildman–Crippen LogP) is 2.57. The number of aliphatic imine (C=N–C) groups is 1. The minimum absolute atomic E-state index is 0.323. The van der Waals surface area contributed by atoms with Crippen molar-refractivity contribution >= 4 is 29.5 Å². The fourth-order valence-electron chi connectivity index (χ4n) is 2.44. The van der Waals surface area contributed by atoms with Crippen LogP contribution in [0.5, 0.6) is 0 Å². The Kier molecular flexibility index (Phi) is 4.49. The molecule has 3 heterocycles. The minimum atomic E-state index is 0.323. The third kappa shape index (κ3) is 2.95. The summed E-state index contributed by atoms with van der Waals surface area (Å²) in [7, 11) is 0. The molecule has 24 heavy (non-hydrogen) atoms. The molecule has 3 aromatic rings. The Hall–Kier alpha value is -3.25. The molecular weight excluding hydrogens is 300 g/mol. The Morgan fingerprint density at radius 1 is 1.33 bits per heavy atom. The van der Waals surface area contributed by atoms with Gasteiger partial charge in [-0.2, -0.15) is 0 Å². The first-order valence-corrected chi connectivity index (χ1v) is 7.42. The number of hydrogen-bond acceptors (Lipinski definition) is 5. The first-order valence-electron chi connectivity index (χ1n) is 7.42. The van der Waals surface area contributed by atoms with Crippen LogP contribution in [0, 0.1) is 0 Å². The van der Waals surface area contributed by atoms with E-state index in [-0.39, 0.29) is 0 Å². The quantitative estimate of drug-likeness (QED) is 0.540. The van der Waals surface area contributed by atoms with Crippen molar-refractivity contribution in [2.75, 3.05) is 6.67 Å². The molecule has 0 radical (unpaired) electrons. The highest BCUT2D eigenvalue weighted by atomic mass is 15.0. The van der Waals surface area contributed by atoms with Crippen molar-refractivity contribution in [3.8, 4) is 5.69 Å². The van der Waals surface area contributed by atoms with Crippen LogP contribution in [0.3, 0.4) is 0 Å². The SMILES string of the molecule is C=Cc1cnc2c(ccn2-c2cncc(/C(=C/NCN)N=C)c2)c1. The highest BCUT2D eigenvalue weighted by molar-refractivity contribution is 5.80. The minimum Gasteiger partial charge on any atom is -0.377 e. The van der Waals surface area contributed by atoms with Gasteiger partial charge in [0.1, 0.15) is 5.65 Å². The average Bonchev–Trinajstić information content (AvgIpc) is 3.05. The molecule has 0 saturated carbocycles. The second-order valence-corrected chi connectivity index (χ2v) is 5.10. The summed E-state index contributed by atoms with van der Waals surface area (Å²) in [6.45, 7) is 7.69. The molecule has 0 aliphatic rings. The van der Waals surface area contributed by atoms with E-state index in [9.17, 15) is 0 Å². The lowest BCUT2D eigenvalue weighted by Gasteiger charge is -2.08. The van der Waals surface area contributed by atoms with Gasteiger partial charge in [0.25, 0.3) is 0 Å². The fraction of sp³-hybridized carbons (Fsp3) is 0.0556. The van der Waals surface area contributed by atoms with Crippen LogP contribution in [0.1, 0.15) is 11.1 Å². The third-order valence-corrected chi connectivity index (χ3v) is 3.61. The van der Waals surface area contributed by atoms with Gasteiger partial charge in [0.15, 0.2) is 0 Å². The largest absolute Gasteiger partial charge is 0.377 e. The van der Waals surface area contributed by atoms with Gasteiger partial charge in [-0.1, -0.05) is 12.7 Å². The number of nitrogens with two attached hydrogens (primary N) is 1. The van der Waals surface area contributed by atoms with Crippen molar-refractivity contribution in [3.63, 3.8) is 0 Å². The summed E-state index contributed by atoms with van der Waals surface area (Å²) in [5.41, 5.74) is 9.70. The number of aromatic nitrogens is 3. The van der Waals surface area contributed by atoms with E-state index >= 15 is 0 Å². The second-order valence-electron chi connectivity index (χ2n) is 5.10. The van der Waals surface area contributed by atoms with Gasteiger partial charge in [0.2, 0.25) is 0 Å². The summed E-state index contributed by atoms with van der Waals surface area (Å²) in [6, 6.07) is 6.04. The number of nitrogens with zero attached hydrogens (tertiary/aromatic N) is 4. The molecule has 0 saturated heterocycles. The molecule has 0 unspecified atom stereocenters. The molecule has 0 spiro atoms. The maximum Gasteiger partial charge on any atom is 0.144 e. The number of hydrogen-bond donors (Lipinski definition) is 2. The molecule has 3 rings (SSSR count). The van der Waals surface area contributed by atoms with E-state index in [2.05, 4.69) is 33.6 Å².